The van der Waals surface area contributed by atoms with Crippen LogP contribution in [0.4, 0.5) is 14.5 Å². The summed E-state index contributed by atoms with van der Waals surface area (Å²) >= 11 is 5.54. The molecule has 2 rings (SSSR count). The maximum absolute atomic E-state index is 13.5. The van der Waals surface area contributed by atoms with Gasteiger partial charge in [0.15, 0.2) is 5.82 Å². The number of rotatable bonds is 3. The summed E-state index contributed by atoms with van der Waals surface area (Å²) in [7, 11) is 0. The Bertz CT molecular complexity index is 575. The van der Waals surface area contributed by atoms with E-state index in [0.29, 0.717) is 5.56 Å². The van der Waals surface area contributed by atoms with Gasteiger partial charge in [0, 0.05) is 11.6 Å². The van der Waals surface area contributed by atoms with Gasteiger partial charge < -0.3 is 10.5 Å². The third-order valence-corrected chi connectivity index (χ3v) is 2.70. The molecule has 2 N–H and O–H groups in total. The Kier molecular flexibility index (Phi) is 3.67. The lowest BCUT2D eigenvalue weighted by Gasteiger charge is -2.08. The normalized spacial score (nSPS) is 10.4. The Morgan fingerprint density at radius 2 is 1.94 bits per heavy atom. The molecule has 18 heavy (non-hydrogen) atoms. The van der Waals surface area contributed by atoms with Crippen molar-refractivity contribution in [3.63, 3.8) is 0 Å². The van der Waals surface area contributed by atoms with Gasteiger partial charge >= 0.3 is 0 Å². The summed E-state index contributed by atoms with van der Waals surface area (Å²) in [6, 6.07) is 8.67. The van der Waals surface area contributed by atoms with E-state index in [1.165, 1.54) is 18.2 Å². The second kappa shape index (κ2) is 5.23. The summed E-state index contributed by atoms with van der Waals surface area (Å²) in [6.45, 7) is -0.0298. The van der Waals surface area contributed by atoms with Crippen molar-refractivity contribution in [2.24, 2.45) is 0 Å². The Morgan fingerprint density at radius 1 is 1.17 bits per heavy atom. The van der Waals surface area contributed by atoms with Crippen molar-refractivity contribution in [3.05, 3.63) is 58.6 Å². The molecule has 2 aromatic carbocycles. The quantitative estimate of drug-likeness (QED) is 0.861. The third-order valence-electron chi connectivity index (χ3n) is 2.39. The number of benzene rings is 2. The van der Waals surface area contributed by atoms with Crippen LogP contribution < -0.4 is 10.5 Å². The van der Waals surface area contributed by atoms with E-state index in [2.05, 4.69) is 0 Å². The van der Waals surface area contributed by atoms with Crippen molar-refractivity contribution in [3.8, 4) is 5.75 Å². The molecule has 0 radical (unpaired) electrons. The van der Waals surface area contributed by atoms with Crippen molar-refractivity contribution in [2.75, 3.05) is 5.73 Å². The predicted molar refractivity (Wildman–Crippen MR) is 66.6 cm³/mol. The summed E-state index contributed by atoms with van der Waals surface area (Å²) in [5, 5.41) is 0.0116. The molecule has 0 aliphatic carbocycles. The van der Waals surface area contributed by atoms with E-state index in [0.717, 1.165) is 6.07 Å². The Hall–Kier alpha value is -1.81. The minimum Gasteiger partial charge on any atom is -0.489 e. The fourth-order valence-electron chi connectivity index (χ4n) is 1.44. The average Bonchev–Trinajstić information content (AvgIpc) is 2.35. The fourth-order valence-corrected chi connectivity index (χ4v) is 1.56. The first-order valence-electron chi connectivity index (χ1n) is 5.18. The highest BCUT2D eigenvalue weighted by molar-refractivity contribution is 6.30. The number of hydrogen-bond donors (Lipinski definition) is 1. The lowest BCUT2D eigenvalue weighted by molar-refractivity contribution is 0.298. The highest BCUT2D eigenvalue weighted by Crippen LogP contribution is 2.22. The van der Waals surface area contributed by atoms with Crippen molar-refractivity contribution >= 4 is 17.3 Å². The van der Waals surface area contributed by atoms with Gasteiger partial charge in [-0.2, -0.15) is 0 Å². The molecule has 0 spiro atoms. The minimum atomic E-state index is -0.581. The molecule has 0 heterocycles. The fraction of sp³-hybridized carbons (Fsp3) is 0.0769. The van der Waals surface area contributed by atoms with Crippen LogP contribution in [-0.2, 0) is 6.61 Å². The number of anilines is 1. The van der Waals surface area contributed by atoms with Crippen LogP contribution in [0.5, 0.6) is 5.75 Å². The van der Waals surface area contributed by atoms with Crippen LogP contribution in [0.2, 0.25) is 5.02 Å². The minimum absolute atomic E-state index is 0.0116. The SMILES string of the molecule is Nc1cccc(COc2ccc(Cl)c(F)c2)c1F. The van der Waals surface area contributed by atoms with Crippen LogP contribution in [0.3, 0.4) is 0 Å². The van der Waals surface area contributed by atoms with Crippen LogP contribution in [0.25, 0.3) is 0 Å². The van der Waals surface area contributed by atoms with E-state index in [-0.39, 0.29) is 23.1 Å². The van der Waals surface area contributed by atoms with Gasteiger partial charge in [-0.15, -0.1) is 0 Å². The number of nitrogens with two attached hydrogens (primary N) is 1. The molecule has 0 aliphatic rings. The van der Waals surface area contributed by atoms with Gasteiger partial charge in [-0.1, -0.05) is 23.7 Å². The zero-order chi connectivity index (χ0) is 13.1. The van der Waals surface area contributed by atoms with E-state index in [9.17, 15) is 8.78 Å². The maximum Gasteiger partial charge on any atom is 0.152 e. The molecular formula is C13H10ClF2NO. The summed E-state index contributed by atoms with van der Waals surface area (Å²) in [5.41, 5.74) is 5.79. The van der Waals surface area contributed by atoms with E-state index in [1.54, 1.807) is 12.1 Å². The van der Waals surface area contributed by atoms with Crippen molar-refractivity contribution in [1.29, 1.82) is 0 Å². The lowest BCUT2D eigenvalue weighted by atomic mass is 10.2. The van der Waals surface area contributed by atoms with Gasteiger partial charge in [-0.25, -0.2) is 8.78 Å². The Balaban J connectivity index is 2.11. The number of halogens is 3. The van der Waals surface area contributed by atoms with E-state index >= 15 is 0 Å². The highest BCUT2D eigenvalue weighted by atomic mass is 35.5. The molecule has 0 saturated carbocycles. The van der Waals surface area contributed by atoms with Crippen LogP contribution in [0, 0.1) is 11.6 Å². The smallest absolute Gasteiger partial charge is 0.152 e. The van der Waals surface area contributed by atoms with Gasteiger partial charge in [0.1, 0.15) is 18.2 Å². The maximum atomic E-state index is 13.5. The standard InChI is InChI=1S/C13H10ClF2NO/c14-10-5-4-9(6-11(10)15)18-7-8-2-1-3-12(17)13(8)16/h1-6H,7,17H2. The van der Waals surface area contributed by atoms with E-state index in [1.807, 2.05) is 0 Å². The van der Waals surface area contributed by atoms with E-state index in [4.69, 9.17) is 22.1 Å². The zero-order valence-electron chi connectivity index (χ0n) is 9.29. The molecule has 0 aromatic heterocycles. The van der Waals surface area contributed by atoms with Crippen LogP contribution in [0.1, 0.15) is 5.56 Å². The number of ether oxygens (including phenoxy) is 1. The molecule has 0 saturated heterocycles. The molecule has 2 nitrogen and oxygen atoms in total. The molecule has 94 valence electrons. The lowest BCUT2D eigenvalue weighted by Crippen LogP contribution is -2.01. The molecule has 0 fully saturated rings. The van der Waals surface area contributed by atoms with Gasteiger partial charge in [-0.05, 0) is 18.2 Å². The first kappa shape index (κ1) is 12.6. The van der Waals surface area contributed by atoms with Gasteiger partial charge in [0.25, 0.3) is 0 Å². The first-order chi connectivity index (χ1) is 8.58. The molecule has 0 atom stereocenters. The zero-order valence-corrected chi connectivity index (χ0v) is 10.0. The molecule has 5 heteroatoms. The number of hydrogen-bond acceptors (Lipinski definition) is 2. The van der Waals surface area contributed by atoms with Gasteiger partial charge in [0.05, 0.1) is 10.7 Å². The first-order valence-corrected chi connectivity index (χ1v) is 5.56. The summed E-state index contributed by atoms with van der Waals surface area (Å²) in [6.07, 6.45) is 0. The summed E-state index contributed by atoms with van der Waals surface area (Å²) < 4.78 is 32.0. The average molecular weight is 270 g/mol. The van der Waals surface area contributed by atoms with E-state index < -0.39 is 11.6 Å². The van der Waals surface area contributed by atoms with Crippen molar-refractivity contribution < 1.29 is 13.5 Å². The third kappa shape index (κ3) is 2.71. The van der Waals surface area contributed by atoms with Gasteiger partial charge in [-0.3, -0.25) is 0 Å². The Morgan fingerprint density at radius 3 is 2.67 bits per heavy atom. The highest BCUT2D eigenvalue weighted by Gasteiger charge is 2.07. The van der Waals surface area contributed by atoms with Crippen molar-refractivity contribution in [2.45, 2.75) is 6.61 Å². The molecule has 2 aromatic rings. The molecular weight excluding hydrogens is 260 g/mol. The largest absolute Gasteiger partial charge is 0.489 e. The second-order valence-corrected chi connectivity index (χ2v) is 4.09. The van der Waals surface area contributed by atoms with Gasteiger partial charge in [0.2, 0.25) is 0 Å². The Labute approximate surface area is 108 Å². The monoisotopic (exact) mass is 269 g/mol. The topological polar surface area (TPSA) is 35.2 Å². The molecule has 0 bridgehead atoms. The van der Waals surface area contributed by atoms with Crippen LogP contribution >= 0.6 is 11.6 Å². The number of nitrogen functional groups attached to an aromatic ring is 1. The van der Waals surface area contributed by atoms with Crippen LogP contribution in [-0.4, -0.2) is 0 Å². The van der Waals surface area contributed by atoms with Crippen LogP contribution in [0.15, 0.2) is 36.4 Å². The van der Waals surface area contributed by atoms with Crippen molar-refractivity contribution in [1.82, 2.24) is 0 Å². The molecule has 0 aliphatic heterocycles. The second-order valence-electron chi connectivity index (χ2n) is 3.68. The molecule has 0 amide bonds. The summed E-state index contributed by atoms with van der Waals surface area (Å²) in [5.74, 6) is -0.826. The summed E-state index contributed by atoms with van der Waals surface area (Å²) in [4.78, 5) is 0. The molecule has 0 unspecified atom stereocenters. The predicted octanol–water partition coefficient (Wildman–Crippen LogP) is 3.78.